The van der Waals surface area contributed by atoms with Crippen LogP contribution in [0, 0.1) is 0 Å². The van der Waals surface area contributed by atoms with Crippen LogP contribution in [0.2, 0.25) is 0 Å². The molecule has 0 aromatic carbocycles. The molecule has 2 heterocycles. The number of hydrogen-bond donors (Lipinski definition) is 1. The Labute approximate surface area is 128 Å². The molecule has 0 spiro atoms. The minimum atomic E-state index is 0.127. The zero-order valence-electron chi connectivity index (χ0n) is 13.5. The van der Waals surface area contributed by atoms with Gasteiger partial charge in [-0.1, -0.05) is 6.07 Å². The van der Waals surface area contributed by atoms with Gasteiger partial charge in [-0.3, -0.25) is 4.98 Å². The average molecular weight is 292 g/mol. The highest BCUT2D eigenvalue weighted by Crippen LogP contribution is 2.13. The van der Waals surface area contributed by atoms with Crippen molar-refractivity contribution < 1.29 is 9.47 Å². The van der Waals surface area contributed by atoms with Crippen LogP contribution in [-0.2, 0) is 22.6 Å². The first-order chi connectivity index (χ1) is 10.0. The van der Waals surface area contributed by atoms with E-state index in [9.17, 15) is 0 Å². The highest BCUT2D eigenvalue weighted by molar-refractivity contribution is 5.13. The number of nitrogens with zero attached hydrogens (tertiary/aromatic N) is 1. The quantitative estimate of drug-likeness (QED) is 0.875. The Morgan fingerprint density at radius 3 is 2.81 bits per heavy atom. The lowest BCUT2D eigenvalue weighted by atomic mass is 10.1. The van der Waals surface area contributed by atoms with Gasteiger partial charge >= 0.3 is 0 Å². The van der Waals surface area contributed by atoms with Gasteiger partial charge in [-0.2, -0.15) is 0 Å². The molecule has 1 unspecified atom stereocenters. The molecule has 0 amide bonds. The number of hydrogen-bond acceptors (Lipinski definition) is 4. The van der Waals surface area contributed by atoms with E-state index in [2.05, 4.69) is 37.1 Å². The van der Waals surface area contributed by atoms with E-state index in [-0.39, 0.29) is 11.6 Å². The smallest absolute Gasteiger partial charge is 0.0889 e. The highest BCUT2D eigenvalue weighted by atomic mass is 16.5. The predicted octanol–water partition coefficient (Wildman–Crippen LogP) is 3.06. The summed E-state index contributed by atoms with van der Waals surface area (Å²) in [5, 5.41) is 3.46. The first-order valence-electron chi connectivity index (χ1n) is 7.91. The molecule has 1 aliphatic rings. The number of nitrogens with one attached hydrogen (secondary N) is 1. The van der Waals surface area contributed by atoms with Gasteiger partial charge in [-0.05, 0) is 51.7 Å². The van der Waals surface area contributed by atoms with E-state index in [1.165, 1.54) is 18.4 Å². The second kappa shape index (κ2) is 7.87. The summed E-state index contributed by atoms with van der Waals surface area (Å²) >= 11 is 0. The normalized spacial score (nSPS) is 19.7. The van der Waals surface area contributed by atoms with Crippen molar-refractivity contribution in [2.24, 2.45) is 0 Å². The van der Waals surface area contributed by atoms with Gasteiger partial charge in [0, 0.05) is 24.9 Å². The molecule has 1 aromatic rings. The molecular formula is C17H28N2O2. The standard InChI is InChI=1S/C17H28N2O2/c1-17(2,3)19-11-14-7-8-15(18-10-14)12-20-13-16-6-4-5-9-21-16/h7-8,10,16,19H,4-6,9,11-13H2,1-3H3. The fourth-order valence-electron chi connectivity index (χ4n) is 2.25. The van der Waals surface area contributed by atoms with Gasteiger partial charge in [-0.15, -0.1) is 0 Å². The molecule has 1 saturated heterocycles. The van der Waals surface area contributed by atoms with Crippen LogP contribution in [-0.4, -0.2) is 29.8 Å². The van der Waals surface area contributed by atoms with Crippen molar-refractivity contribution in [1.29, 1.82) is 0 Å². The van der Waals surface area contributed by atoms with Crippen molar-refractivity contribution in [3.63, 3.8) is 0 Å². The monoisotopic (exact) mass is 292 g/mol. The van der Waals surface area contributed by atoms with Crippen LogP contribution >= 0.6 is 0 Å². The molecule has 4 nitrogen and oxygen atoms in total. The minimum absolute atomic E-state index is 0.127. The molecule has 0 bridgehead atoms. The summed E-state index contributed by atoms with van der Waals surface area (Å²) < 4.78 is 11.4. The molecule has 1 aliphatic heterocycles. The summed E-state index contributed by atoms with van der Waals surface area (Å²) in [7, 11) is 0. The van der Waals surface area contributed by atoms with Crippen molar-refractivity contribution in [2.45, 2.75) is 64.8 Å². The van der Waals surface area contributed by atoms with Crippen LogP contribution in [0.25, 0.3) is 0 Å². The summed E-state index contributed by atoms with van der Waals surface area (Å²) in [4.78, 5) is 4.46. The topological polar surface area (TPSA) is 43.4 Å². The van der Waals surface area contributed by atoms with Crippen LogP contribution < -0.4 is 5.32 Å². The number of rotatable bonds is 6. The Bertz CT molecular complexity index is 406. The van der Waals surface area contributed by atoms with Crippen molar-refractivity contribution in [3.8, 4) is 0 Å². The molecule has 1 N–H and O–H groups in total. The van der Waals surface area contributed by atoms with Crippen molar-refractivity contribution >= 4 is 0 Å². The number of pyridine rings is 1. The van der Waals surface area contributed by atoms with Gasteiger partial charge in [-0.25, -0.2) is 0 Å². The summed E-state index contributed by atoms with van der Waals surface area (Å²) in [6.45, 7) is 9.44. The molecule has 21 heavy (non-hydrogen) atoms. The molecule has 0 radical (unpaired) electrons. The van der Waals surface area contributed by atoms with Crippen LogP contribution in [0.1, 0.15) is 51.3 Å². The Kier molecular flexibility index (Phi) is 6.15. The van der Waals surface area contributed by atoms with E-state index in [1.54, 1.807) is 0 Å². The average Bonchev–Trinajstić information content (AvgIpc) is 2.47. The Balaban J connectivity index is 1.69. The van der Waals surface area contributed by atoms with E-state index in [0.29, 0.717) is 13.2 Å². The third-order valence-corrected chi connectivity index (χ3v) is 3.54. The summed E-state index contributed by atoms with van der Waals surface area (Å²) in [5.41, 5.74) is 2.30. The first-order valence-corrected chi connectivity index (χ1v) is 7.91. The minimum Gasteiger partial charge on any atom is -0.376 e. The van der Waals surface area contributed by atoms with Crippen molar-refractivity contribution in [3.05, 3.63) is 29.6 Å². The predicted molar refractivity (Wildman–Crippen MR) is 84.1 cm³/mol. The van der Waals surface area contributed by atoms with Crippen molar-refractivity contribution in [1.82, 2.24) is 10.3 Å². The molecular weight excluding hydrogens is 264 g/mol. The van der Waals surface area contributed by atoms with E-state index < -0.39 is 0 Å². The number of ether oxygens (including phenoxy) is 2. The zero-order valence-corrected chi connectivity index (χ0v) is 13.5. The molecule has 1 aromatic heterocycles. The first kappa shape index (κ1) is 16.4. The van der Waals surface area contributed by atoms with Gasteiger partial charge in [0.05, 0.1) is 25.0 Å². The van der Waals surface area contributed by atoms with Gasteiger partial charge in [0.25, 0.3) is 0 Å². The van der Waals surface area contributed by atoms with Crippen molar-refractivity contribution in [2.75, 3.05) is 13.2 Å². The fourth-order valence-corrected chi connectivity index (χ4v) is 2.25. The second-order valence-corrected chi connectivity index (χ2v) is 6.77. The third kappa shape index (κ3) is 6.55. The summed E-state index contributed by atoms with van der Waals surface area (Å²) in [5.74, 6) is 0. The molecule has 0 saturated carbocycles. The summed E-state index contributed by atoms with van der Waals surface area (Å²) in [6, 6.07) is 4.16. The maximum Gasteiger partial charge on any atom is 0.0889 e. The second-order valence-electron chi connectivity index (χ2n) is 6.77. The highest BCUT2D eigenvalue weighted by Gasteiger charge is 2.13. The van der Waals surface area contributed by atoms with Crippen LogP contribution in [0.3, 0.4) is 0 Å². The van der Waals surface area contributed by atoms with E-state index in [0.717, 1.165) is 25.3 Å². The largest absolute Gasteiger partial charge is 0.376 e. The zero-order chi connectivity index (χ0) is 15.1. The third-order valence-electron chi connectivity index (χ3n) is 3.54. The van der Waals surface area contributed by atoms with Crippen LogP contribution in [0.15, 0.2) is 18.3 Å². The fraction of sp³-hybridized carbons (Fsp3) is 0.706. The lowest BCUT2D eigenvalue weighted by Crippen LogP contribution is -2.35. The van der Waals surface area contributed by atoms with Gasteiger partial charge in [0.1, 0.15) is 0 Å². The van der Waals surface area contributed by atoms with Gasteiger partial charge in [0.2, 0.25) is 0 Å². The maximum absolute atomic E-state index is 5.71. The maximum atomic E-state index is 5.71. The Morgan fingerprint density at radius 1 is 1.33 bits per heavy atom. The molecule has 2 rings (SSSR count). The SMILES string of the molecule is CC(C)(C)NCc1ccc(COCC2CCCCO2)nc1. The molecule has 1 atom stereocenters. The Hall–Kier alpha value is -0.970. The number of aromatic nitrogens is 1. The molecule has 1 fully saturated rings. The van der Waals surface area contributed by atoms with Crippen LogP contribution in [0.4, 0.5) is 0 Å². The van der Waals surface area contributed by atoms with Crippen LogP contribution in [0.5, 0.6) is 0 Å². The van der Waals surface area contributed by atoms with E-state index >= 15 is 0 Å². The Morgan fingerprint density at radius 2 is 2.19 bits per heavy atom. The molecule has 0 aliphatic carbocycles. The molecule has 4 heteroatoms. The lowest BCUT2D eigenvalue weighted by Gasteiger charge is -2.22. The van der Waals surface area contributed by atoms with E-state index in [1.807, 2.05) is 12.3 Å². The van der Waals surface area contributed by atoms with Gasteiger partial charge < -0.3 is 14.8 Å². The molecule has 118 valence electrons. The lowest BCUT2D eigenvalue weighted by molar-refractivity contribution is -0.0452. The van der Waals surface area contributed by atoms with Gasteiger partial charge in [0.15, 0.2) is 0 Å². The van der Waals surface area contributed by atoms with E-state index in [4.69, 9.17) is 9.47 Å². The summed E-state index contributed by atoms with van der Waals surface area (Å²) in [6.07, 6.45) is 5.75.